The van der Waals surface area contributed by atoms with Crippen LogP contribution in [0.15, 0.2) is 30.5 Å². The Morgan fingerprint density at radius 3 is 2.76 bits per heavy atom. The van der Waals surface area contributed by atoms with E-state index in [1.807, 2.05) is 30.5 Å². The Morgan fingerprint density at radius 1 is 1.33 bits per heavy atom. The van der Waals surface area contributed by atoms with Gasteiger partial charge in [-0.15, -0.1) is 0 Å². The third-order valence-electron chi connectivity index (χ3n) is 3.36. The molecule has 0 radical (unpaired) electrons. The highest BCUT2D eigenvalue weighted by Gasteiger charge is 2.17. The van der Waals surface area contributed by atoms with Crippen LogP contribution in [0.5, 0.6) is 0 Å². The Bertz CT molecular complexity index is 648. The van der Waals surface area contributed by atoms with Gasteiger partial charge in [0.2, 0.25) is 11.8 Å². The van der Waals surface area contributed by atoms with Gasteiger partial charge >= 0.3 is 0 Å². The average Bonchev–Trinajstić information content (AvgIpc) is 2.87. The van der Waals surface area contributed by atoms with E-state index in [9.17, 15) is 9.59 Å². The summed E-state index contributed by atoms with van der Waals surface area (Å²) in [5.41, 5.74) is 7.92. The fourth-order valence-corrected chi connectivity index (χ4v) is 2.08. The number of carbonyl (C=O) groups excluding carboxylic acids is 2. The number of fused-ring (bicyclic) bond motifs is 1. The molecule has 2 aromatic rings. The zero-order valence-corrected chi connectivity index (χ0v) is 12.2. The van der Waals surface area contributed by atoms with Gasteiger partial charge in [-0.2, -0.15) is 0 Å². The number of benzene rings is 1. The third-order valence-corrected chi connectivity index (χ3v) is 3.36. The van der Waals surface area contributed by atoms with Crippen LogP contribution in [0.4, 0.5) is 0 Å². The minimum atomic E-state index is -0.681. The number of nitrogens with two attached hydrogens (primary N) is 1. The van der Waals surface area contributed by atoms with Crippen molar-refractivity contribution < 1.29 is 9.59 Å². The first kappa shape index (κ1) is 15.1. The number of rotatable bonds is 5. The molecular weight excluding hydrogens is 268 g/mol. The number of amides is 2. The molecule has 6 heteroatoms. The Balaban J connectivity index is 1.96. The summed E-state index contributed by atoms with van der Waals surface area (Å²) < 4.78 is 0. The van der Waals surface area contributed by atoms with Crippen molar-refractivity contribution in [3.05, 3.63) is 36.0 Å². The molecule has 4 N–H and O–H groups in total. The topological polar surface area (TPSA) is 91.2 Å². The number of nitrogens with one attached hydrogen (secondary N) is 2. The molecule has 1 heterocycles. The Labute approximate surface area is 123 Å². The molecule has 0 saturated heterocycles. The quantitative estimate of drug-likeness (QED) is 0.736. The molecular formula is C15H20N4O2. The minimum absolute atomic E-state index is 0.0343. The second kappa shape index (κ2) is 6.41. The number of hydrogen-bond acceptors (Lipinski definition) is 3. The van der Waals surface area contributed by atoms with Crippen molar-refractivity contribution >= 4 is 22.7 Å². The van der Waals surface area contributed by atoms with Crippen LogP contribution in [0.1, 0.15) is 5.56 Å². The Hall–Kier alpha value is -2.34. The van der Waals surface area contributed by atoms with Gasteiger partial charge in [-0.05, 0) is 18.1 Å². The second-order valence-electron chi connectivity index (χ2n) is 5.18. The predicted octanol–water partition coefficient (Wildman–Crippen LogP) is 0.242. The van der Waals surface area contributed by atoms with Crippen molar-refractivity contribution in [1.82, 2.24) is 15.2 Å². The summed E-state index contributed by atoms with van der Waals surface area (Å²) >= 11 is 0. The van der Waals surface area contributed by atoms with Gasteiger partial charge in [-0.25, -0.2) is 0 Å². The van der Waals surface area contributed by atoms with Crippen LogP contribution in [-0.2, 0) is 16.0 Å². The first-order chi connectivity index (χ1) is 9.99. The van der Waals surface area contributed by atoms with Gasteiger partial charge in [-0.3, -0.25) is 9.59 Å². The highest BCUT2D eigenvalue weighted by molar-refractivity contribution is 5.88. The maximum atomic E-state index is 11.9. The fourth-order valence-electron chi connectivity index (χ4n) is 2.08. The molecule has 112 valence electrons. The highest BCUT2D eigenvalue weighted by Crippen LogP contribution is 2.18. The lowest BCUT2D eigenvalue weighted by molar-refractivity contribution is -0.131. The zero-order valence-electron chi connectivity index (χ0n) is 12.2. The van der Waals surface area contributed by atoms with Crippen molar-refractivity contribution in [1.29, 1.82) is 0 Å². The van der Waals surface area contributed by atoms with Crippen LogP contribution < -0.4 is 11.1 Å². The first-order valence-corrected chi connectivity index (χ1v) is 6.77. The summed E-state index contributed by atoms with van der Waals surface area (Å²) in [6, 6.07) is 7.17. The van der Waals surface area contributed by atoms with E-state index in [0.717, 1.165) is 16.5 Å². The molecule has 21 heavy (non-hydrogen) atoms. The number of hydrogen-bond donors (Lipinski definition) is 3. The van der Waals surface area contributed by atoms with Crippen LogP contribution in [-0.4, -0.2) is 48.4 Å². The summed E-state index contributed by atoms with van der Waals surface area (Å²) in [5, 5.41) is 3.62. The first-order valence-electron chi connectivity index (χ1n) is 6.77. The summed E-state index contributed by atoms with van der Waals surface area (Å²) in [4.78, 5) is 27.9. The van der Waals surface area contributed by atoms with Gasteiger partial charge in [-0.1, -0.05) is 18.2 Å². The number of aromatic nitrogens is 1. The number of para-hydroxylation sites is 1. The van der Waals surface area contributed by atoms with Crippen LogP contribution in [0.3, 0.4) is 0 Å². The van der Waals surface area contributed by atoms with Crippen LogP contribution in [0.2, 0.25) is 0 Å². The normalized spacial score (nSPS) is 12.1. The summed E-state index contributed by atoms with van der Waals surface area (Å²) in [5.74, 6) is -0.488. The molecule has 1 aromatic carbocycles. The Morgan fingerprint density at radius 2 is 2.05 bits per heavy atom. The number of likely N-dealkylation sites (N-methyl/N-ethyl adjacent to an activating group) is 1. The van der Waals surface area contributed by atoms with Gasteiger partial charge in [0, 0.05) is 31.2 Å². The van der Waals surface area contributed by atoms with Gasteiger partial charge in [0.15, 0.2) is 0 Å². The molecule has 6 nitrogen and oxygen atoms in total. The van der Waals surface area contributed by atoms with Gasteiger partial charge in [0.1, 0.15) is 0 Å². The SMILES string of the molecule is CN(C)C(=O)CNC(=O)[C@H](N)Cc1c[nH]c2ccccc12. The van der Waals surface area contributed by atoms with Crippen LogP contribution >= 0.6 is 0 Å². The molecule has 1 atom stereocenters. The smallest absolute Gasteiger partial charge is 0.241 e. The standard InChI is InChI=1S/C15H20N4O2/c1-19(2)14(20)9-18-15(21)12(16)7-10-8-17-13-6-4-3-5-11(10)13/h3-6,8,12,17H,7,9,16H2,1-2H3,(H,18,21)/t12-/m1/s1. The van der Waals surface area contributed by atoms with E-state index in [-0.39, 0.29) is 18.4 Å². The third kappa shape index (κ3) is 3.61. The lowest BCUT2D eigenvalue weighted by Gasteiger charge is -2.14. The van der Waals surface area contributed by atoms with E-state index in [2.05, 4.69) is 10.3 Å². The van der Waals surface area contributed by atoms with Gasteiger partial charge < -0.3 is 20.9 Å². The lowest BCUT2D eigenvalue weighted by atomic mass is 10.1. The fraction of sp³-hybridized carbons (Fsp3) is 0.333. The summed E-state index contributed by atoms with van der Waals surface area (Å²) in [6.45, 7) is -0.0343. The molecule has 0 bridgehead atoms. The summed E-state index contributed by atoms with van der Waals surface area (Å²) in [6.07, 6.45) is 2.29. The van der Waals surface area contributed by atoms with Crippen molar-refractivity contribution in [3.63, 3.8) is 0 Å². The van der Waals surface area contributed by atoms with Gasteiger partial charge in [0.05, 0.1) is 12.6 Å². The molecule has 0 saturated carbocycles. The lowest BCUT2D eigenvalue weighted by Crippen LogP contribution is -2.45. The zero-order chi connectivity index (χ0) is 15.4. The molecule has 0 aliphatic carbocycles. The monoisotopic (exact) mass is 288 g/mol. The molecule has 1 aromatic heterocycles. The number of carbonyl (C=O) groups is 2. The molecule has 2 amide bonds. The van der Waals surface area contributed by atoms with Crippen molar-refractivity contribution in [2.45, 2.75) is 12.5 Å². The number of aromatic amines is 1. The van der Waals surface area contributed by atoms with E-state index < -0.39 is 6.04 Å². The predicted molar refractivity (Wildman–Crippen MR) is 81.7 cm³/mol. The van der Waals surface area contributed by atoms with Crippen LogP contribution in [0.25, 0.3) is 10.9 Å². The minimum Gasteiger partial charge on any atom is -0.361 e. The van der Waals surface area contributed by atoms with Gasteiger partial charge in [0.25, 0.3) is 0 Å². The van der Waals surface area contributed by atoms with Crippen molar-refractivity contribution in [3.8, 4) is 0 Å². The molecule has 0 aliphatic rings. The van der Waals surface area contributed by atoms with Crippen molar-refractivity contribution in [2.75, 3.05) is 20.6 Å². The van der Waals surface area contributed by atoms with E-state index in [4.69, 9.17) is 5.73 Å². The maximum absolute atomic E-state index is 11.9. The second-order valence-corrected chi connectivity index (χ2v) is 5.18. The van der Waals surface area contributed by atoms with E-state index in [1.54, 1.807) is 14.1 Å². The number of nitrogens with zero attached hydrogens (tertiary/aromatic N) is 1. The molecule has 0 spiro atoms. The maximum Gasteiger partial charge on any atom is 0.241 e. The molecule has 0 aliphatic heterocycles. The molecule has 2 rings (SSSR count). The van der Waals surface area contributed by atoms with E-state index in [0.29, 0.717) is 6.42 Å². The Kier molecular flexibility index (Phi) is 4.59. The van der Waals surface area contributed by atoms with Crippen LogP contribution in [0, 0.1) is 0 Å². The van der Waals surface area contributed by atoms with E-state index in [1.165, 1.54) is 4.90 Å². The summed E-state index contributed by atoms with van der Waals surface area (Å²) in [7, 11) is 3.28. The molecule has 0 unspecified atom stereocenters. The highest BCUT2D eigenvalue weighted by atomic mass is 16.2. The largest absolute Gasteiger partial charge is 0.361 e. The van der Waals surface area contributed by atoms with Crippen molar-refractivity contribution in [2.24, 2.45) is 5.73 Å². The number of H-pyrrole nitrogens is 1. The van der Waals surface area contributed by atoms with E-state index >= 15 is 0 Å². The molecule has 0 fully saturated rings. The average molecular weight is 288 g/mol.